The van der Waals surface area contributed by atoms with Crippen molar-refractivity contribution in [2.45, 2.75) is 31.0 Å². The van der Waals surface area contributed by atoms with Gasteiger partial charge >= 0.3 is 0 Å². The lowest BCUT2D eigenvalue weighted by atomic mass is 9.91. The summed E-state index contributed by atoms with van der Waals surface area (Å²) >= 11 is 0. The highest BCUT2D eigenvalue weighted by molar-refractivity contribution is 5.47. The van der Waals surface area contributed by atoms with Crippen molar-refractivity contribution < 1.29 is 23.4 Å². The summed E-state index contributed by atoms with van der Waals surface area (Å²) in [5.74, 6) is -0.670. The molecule has 0 bridgehead atoms. The number of piperidine rings is 1. The predicted octanol–water partition coefficient (Wildman–Crippen LogP) is 3.05. The van der Waals surface area contributed by atoms with E-state index in [9.17, 15) is 13.9 Å². The van der Waals surface area contributed by atoms with Crippen molar-refractivity contribution in [3.8, 4) is 5.75 Å². The molecule has 10 heteroatoms. The molecule has 4 rings (SSSR count). The smallest absolute Gasteiger partial charge is 0.137 e. The Morgan fingerprint density at radius 3 is 2.51 bits per heavy atom. The molecule has 1 unspecified atom stereocenters. The summed E-state index contributed by atoms with van der Waals surface area (Å²) < 4.78 is 40.2. The molecule has 8 nitrogen and oxygen atoms in total. The Labute approximate surface area is 203 Å². The second kappa shape index (κ2) is 11.6. The van der Waals surface area contributed by atoms with Crippen LogP contribution >= 0.6 is 0 Å². The molecule has 2 N–H and O–H groups in total. The van der Waals surface area contributed by atoms with Crippen LogP contribution in [0.5, 0.6) is 5.75 Å². The van der Waals surface area contributed by atoms with E-state index >= 15 is 0 Å². The topological polar surface area (TPSA) is 84.7 Å². The van der Waals surface area contributed by atoms with Crippen LogP contribution < -0.4 is 10.1 Å². The molecule has 0 spiro atoms. The Kier molecular flexibility index (Phi) is 8.27. The number of aromatic nitrogens is 3. The molecule has 1 saturated heterocycles. The minimum Gasteiger partial charge on any atom is -0.491 e. The number of rotatable bonds is 11. The quantitative estimate of drug-likeness (QED) is 0.402. The fraction of sp³-hybridized carbons (Fsp3) is 0.440. The maximum Gasteiger partial charge on any atom is 0.137 e. The van der Waals surface area contributed by atoms with Crippen LogP contribution in [0.25, 0.3) is 0 Å². The van der Waals surface area contributed by atoms with Gasteiger partial charge in [-0.1, -0.05) is 6.07 Å². The molecule has 2 aromatic carbocycles. The highest BCUT2D eigenvalue weighted by atomic mass is 19.1. The fourth-order valence-electron chi connectivity index (χ4n) is 4.40. The number of nitrogens with zero attached hydrogens (tertiary/aromatic N) is 4. The van der Waals surface area contributed by atoms with Gasteiger partial charge in [-0.25, -0.2) is 18.4 Å². The van der Waals surface area contributed by atoms with E-state index in [0.29, 0.717) is 13.2 Å². The third-order valence-corrected chi connectivity index (χ3v) is 6.18. The number of β-amino-alcohol motifs (C(OH)–C–C–N with tert-alkyl or cyclic N) is 1. The van der Waals surface area contributed by atoms with Crippen LogP contribution in [0.15, 0.2) is 55.1 Å². The van der Waals surface area contributed by atoms with Crippen LogP contribution in [0.1, 0.15) is 18.4 Å². The van der Waals surface area contributed by atoms with E-state index in [1.165, 1.54) is 23.4 Å². The summed E-state index contributed by atoms with van der Waals surface area (Å²) in [7, 11) is 1.64. The number of ether oxygens (including phenoxy) is 2. The number of methoxy groups -OCH3 is 1. The van der Waals surface area contributed by atoms with Crippen molar-refractivity contribution >= 4 is 5.69 Å². The predicted molar refractivity (Wildman–Crippen MR) is 127 cm³/mol. The molecular formula is C25H31F2N5O3. The third-order valence-electron chi connectivity index (χ3n) is 6.18. The zero-order valence-electron chi connectivity index (χ0n) is 19.7. The van der Waals surface area contributed by atoms with Crippen LogP contribution in [0.4, 0.5) is 14.5 Å². The van der Waals surface area contributed by atoms with Gasteiger partial charge in [0.25, 0.3) is 0 Å². The van der Waals surface area contributed by atoms with Crippen molar-refractivity contribution in [3.05, 3.63) is 72.3 Å². The normalized spacial score (nSPS) is 16.7. The summed E-state index contributed by atoms with van der Waals surface area (Å²) in [6.07, 6.45) is 4.54. The van der Waals surface area contributed by atoms with Crippen molar-refractivity contribution in [1.82, 2.24) is 19.7 Å². The molecule has 0 radical (unpaired) electrons. The van der Waals surface area contributed by atoms with E-state index in [1.807, 2.05) is 24.3 Å². The number of halogens is 2. The Morgan fingerprint density at radius 2 is 1.86 bits per heavy atom. The Hall–Kier alpha value is -3.08. The van der Waals surface area contributed by atoms with Crippen LogP contribution in [0.3, 0.4) is 0 Å². The van der Waals surface area contributed by atoms with Gasteiger partial charge in [-0.2, -0.15) is 5.10 Å². The minimum absolute atomic E-state index is 0.00648. The first-order valence-corrected chi connectivity index (χ1v) is 11.7. The molecule has 35 heavy (non-hydrogen) atoms. The van der Waals surface area contributed by atoms with Crippen molar-refractivity contribution in [1.29, 1.82) is 0 Å². The van der Waals surface area contributed by atoms with Crippen molar-refractivity contribution in [3.63, 3.8) is 0 Å². The highest BCUT2D eigenvalue weighted by Gasteiger charge is 2.36. The minimum atomic E-state index is -1.59. The van der Waals surface area contributed by atoms with Crippen molar-refractivity contribution in [2.24, 2.45) is 0 Å². The molecule has 1 aromatic heterocycles. The van der Waals surface area contributed by atoms with Crippen LogP contribution in [-0.2, 0) is 16.9 Å². The summed E-state index contributed by atoms with van der Waals surface area (Å²) in [4.78, 5) is 6.01. The SMILES string of the molecule is COCCOc1ccc(NC2CCN(CC(O)(Cn3cncn3)c3ccc(F)cc3F)CC2)cc1. The lowest BCUT2D eigenvalue weighted by molar-refractivity contribution is -0.0260. The Morgan fingerprint density at radius 1 is 1.09 bits per heavy atom. The zero-order chi connectivity index (χ0) is 24.7. The van der Waals surface area contributed by atoms with E-state index in [2.05, 4.69) is 20.3 Å². The molecular weight excluding hydrogens is 456 g/mol. The van der Waals surface area contributed by atoms with E-state index in [4.69, 9.17) is 9.47 Å². The number of aliphatic hydroxyl groups is 1. The molecule has 0 saturated carbocycles. The summed E-state index contributed by atoms with van der Waals surface area (Å²) in [6.45, 7) is 2.69. The Balaban J connectivity index is 1.35. The van der Waals surface area contributed by atoms with Gasteiger partial charge in [0.2, 0.25) is 0 Å². The third kappa shape index (κ3) is 6.74. The van der Waals surface area contributed by atoms with Gasteiger partial charge < -0.3 is 19.9 Å². The summed E-state index contributed by atoms with van der Waals surface area (Å²) in [6, 6.07) is 11.4. The molecule has 2 heterocycles. The van der Waals surface area contributed by atoms with Gasteiger partial charge in [-0.15, -0.1) is 0 Å². The molecule has 1 atom stereocenters. The number of likely N-dealkylation sites (tertiary alicyclic amines) is 1. The second-order valence-electron chi connectivity index (χ2n) is 8.81. The molecule has 188 valence electrons. The second-order valence-corrected chi connectivity index (χ2v) is 8.81. The number of benzene rings is 2. The number of hydrogen-bond acceptors (Lipinski definition) is 7. The maximum atomic E-state index is 14.7. The van der Waals surface area contributed by atoms with Crippen molar-refractivity contribution in [2.75, 3.05) is 45.3 Å². The standard InChI is InChI=1S/C25H31F2N5O3/c1-34-12-13-35-22-5-3-20(4-6-22)30-21-8-10-31(11-9-21)15-25(33,16-32-18-28-17-29-32)23-7-2-19(26)14-24(23)27/h2-7,14,17-18,21,30,33H,8-13,15-16H2,1H3. The first-order valence-electron chi connectivity index (χ1n) is 11.7. The average molecular weight is 488 g/mol. The lowest BCUT2D eigenvalue weighted by Crippen LogP contribution is -2.48. The van der Waals surface area contributed by atoms with Gasteiger partial charge in [0.15, 0.2) is 0 Å². The first-order chi connectivity index (χ1) is 16.9. The Bertz CT molecular complexity index is 1060. The summed E-state index contributed by atoms with van der Waals surface area (Å²) in [5.41, 5.74) is -0.536. The van der Waals surface area contributed by atoms with Gasteiger partial charge in [-0.3, -0.25) is 4.90 Å². The zero-order valence-corrected chi connectivity index (χ0v) is 19.7. The summed E-state index contributed by atoms with van der Waals surface area (Å²) in [5, 5.41) is 19.2. The van der Waals surface area contributed by atoms with E-state index in [0.717, 1.165) is 49.5 Å². The lowest BCUT2D eigenvalue weighted by Gasteiger charge is -2.38. The van der Waals surface area contributed by atoms with E-state index < -0.39 is 17.2 Å². The first kappa shape index (κ1) is 25.0. The van der Waals surface area contributed by atoms with Gasteiger partial charge in [0.1, 0.15) is 42.2 Å². The molecule has 0 aliphatic carbocycles. The largest absolute Gasteiger partial charge is 0.491 e. The molecule has 0 amide bonds. The van der Waals surface area contributed by atoms with E-state index in [-0.39, 0.29) is 24.7 Å². The maximum absolute atomic E-state index is 14.7. The van der Waals surface area contributed by atoms with Gasteiger partial charge in [0.05, 0.1) is 13.2 Å². The number of hydrogen-bond donors (Lipinski definition) is 2. The molecule has 1 fully saturated rings. The van der Waals surface area contributed by atoms with E-state index in [1.54, 1.807) is 7.11 Å². The van der Waals surface area contributed by atoms with Gasteiger partial charge in [0, 0.05) is 50.1 Å². The number of anilines is 1. The average Bonchev–Trinajstić information content (AvgIpc) is 3.34. The van der Waals surface area contributed by atoms with Crippen LogP contribution in [0, 0.1) is 11.6 Å². The van der Waals surface area contributed by atoms with Crippen LogP contribution in [-0.4, -0.2) is 70.8 Å². The molecule has 3 aromatic rings. The molecule has 1 aliphatic rings. The molecule has 1 aliphatic heterocycles. The number of nitrogens with one attached hydrogen (secondary N) is 1. The van der Waals surface area contributed by atoms with Crippen LogP contribution in [0.2, 0.25) is 0 Å². The fourth-order valence-corrected chi connectivity index (χ4v) is 4.40. The van der Waals surface area contributed by atoms with Gasteiger partial charge in [-0.05, 0) is 43.2 Å². The highest BCUT2D eigenvalue weighted by Crippen LogP contribution is 2.29. The monoisotopic (exact) mass is 487 g/mol.